The molecule has 2 aromatic carbocycles. The van der Waals surface area contributed by atoms with Crippen LogP contribution in [0.25, 0.3) is 5.69 Å². The Morgan fingerprint density at radius 3 is 2.52 bits per heavy atom. The van der Waals surface area contributed by atoms with Crippen LogP contribution in [0.2, 0.25) is 0 Å². The molecule has 0 aliphatic rings. The van der Waals surface area contributed by atoms with E-state index in [0.717, 1.165) is 0 Å². The number of nitrogens with one attached hydrogen (secondary N) is 1. The van der Waals surface area contributed by atoms with Crippen molar-refractivity contribution in [3.63, 3.8) is 0 Å². The number of thioether (sulfide) groups is 1. The molecule has 0 radical (unpaired) electrons. The van der Waals surface area contributed by atoms with E-state index in [-0.39, 0.29) is 5.56 Å². The maximum absolute atomic E-state index is 12.5. The van der Waals surface area contributed by atoms with E-state index >= 15 is 0 Å². The van der Waals surface area contributed by atoms with E-state index in [4.69, 9.17) is 4.74 Å². The number of hydrogen-bond acceptors (Lipinski definition) is 7. The summed E-state index contributed by atoms with van der Waals surface area (Å²) in [6, 6.07) is 12.4. The zero-order valence-corrected chi connectivity index (χ0v) is 15.8. The standard InChI is InChI=1S/C18H15F2N5O3S/c1-11(16(26)22-12-6-8-13(9-7-12)29-18(19)20)28-17(27)14-4-2-3-5-15(14)25-10-21-23-24-25/h2-11,18H,1H3,(H,22,26). The number of esters is 1. The van der Waals surface area contributed by atoms with Crippen molar-refractivity contribution in [2.45, 2.75) is 23.7 Å². The Morgan fingerprint density at radius 2 is 1.86 bits per heavy atom. The van der Waals surface area contributed by atoms with Gasteiger partial charge >= 0.3 is 5.97 Å². The lowest BCUT2D eigenvalue weighted by Crippen LogP contribution is -2.30. The Balaban J connectivity index is 1.64. The topological polar surface area (TPSA) is 99.0 Å². The molecule has 29 heavy (non-hydrogen) atoms. The molecule has 0 saturated carbocycles. The van der Waals surface area contributed by atoms with Crippen molar-refractivity contribution < 1.29 is 23.1 Å². The number of alkyl halides is 2. The lowest BCUT2D eigenvalue weighted by molar-refractivity contribution is -0.123. The molecule has 3 rings (SSSR count). The van der Waals surface area contributed by atoms with Gasteiger partial charge in [0.15, 0.2) is 6.10 Å². The maximum atomic E-state index is 12.5. The summed E-state index contributed by atoms with van der Waals surface area (Å²) >= 11 is 0.407. The minimum absolute atomic E-state index is 0.188. The first-order valence-electron chi connectivity index (χ1n) is 8.33. The summed E-state index contributed by atoms with van der Waals surface area (Å²) in [4.78, 5) is 25.2. The van der Waals surface area contributed by atoms with Crippen LogP contribution in [0, 0.1) is 0 Å². The molecule has 0 spiro atoms. The average molecular weight is 419 g/mol. The number of carbonyl (C=O) groups is 2. The molecule has 1 heterocycles. The Kier molecular flexibility index (Phi) is 6.50. The average Bonchev–Trinajstić information content (AvgIpc) is 3.23. The first kappa shape index (κ1) is 20.4. The number of para-hydroxylation sites is 1. The monoisotopic (exact) mass is 419 g/mol. The molecule has 0 saturated heterocycles. The fourth-order valence-electron chi connectivity index (χ4n) is 2.36. The van der Waals surface area contributed by atoms with Gasteiger partial charge in [-0.2, -0.15) is 13.5 Å². The molecule has 0 fully saturated rings. The molecule has 0 aliphatic heterocycles. The largest absolute Gasteiger partial charge is 0.449 e. The maximum Gasteiger partial charge on any atom is 0.341 e. The van der Waals surface area contributed by atoms with Gasteiger partial charge in [-0.1, -0.05) is 23.9 Å². The van der Waals surface area contributed by atoms with Crippen LogP contribution < -0.4 is 5.32 Å². The second-order valence-electron chi connectivity index (χ2n) is 5.71. The number of aromatic nitrogens is 4. The second kappa shape index (κ2) is 9.24. The van der Waals surface area contributed by atoms with Crippen LogP contribution in [0.5, 0.6) is 0 Å². The normalized spacial score (nSPS) is 11.9. The zero-order chi connectivity index (χ0) is 20.8. The fourth-order valence-corrected chi connectivity index (χ4v) is 2.86. The fraction of sp³-hybridized carbons (Fsp3) is 0.167. The summed E-state index contributed by atoms with van der Waals surface area (Å²) in [6.45, 7) is 1.42. The predicted octanol–water partition coefficient (Wildman–Crippen LogP) is 3.16. The summed E-state index contributed by atoms with van der Waals surface area (Å²) in [7, 11) is 0. The van der Waals surface area contributed by atoms with E-state index in [2.05, 4.69) is 20.8 Å². The van der Waals surface area contributed by atoms with Crippen molar-refractivity contribution in [1.82, 2.24) is 20.2 Å². The molecule has 0 aliphatic carbocycles. The molecule has 1 aromatic heterocycles. The van der Waals surface area contributed by atoms with Gasteiger partial charge in [-0.05, 0) is 53.7 Å². The molecule has 11 heteroatoms. The number of tetrazole rings is 1. The zero-order valence-electron chi connectivity index (χ0n) is 15.0. The number of anilines is 1. The molecule has 1 atom stereocenters. The molecular weight excluding hydrogens is 404 g/mol. The number of nitrogens with zero attached hydrogens (tertiary/aromatic N) is 4. The molecule has 1 amide bonds. The highest BCUT2D eigenvalue weighted by Crippen LogP contribution is 2.26. The van der Waals surface area contributed by atoms with Crippen LogP contribution >= 0.6 is 11.8 Å². The summed E-state index contributed by atoms with van der Waals surface area (Å²) in [5.74, 6) is -3.80. The number of rotatable bonds is 7. The van der Waals surface area contributed by atoms with Gasteiger partial charge in [0.1, 0.15) is 6.33 Å². The smallest absolute Gasteiger partial charge is 0.341 e. The lowest BCUT2D eigenvalue weighted by atomic mass is 10.2. The van der Waals surface area contributed by atoms with Gasteiger partial charge in [-0.25, -0.2) is 4.79 Å². The first-order chi connectivity index (χ1) is 13.9. The van der Waals surface area contributed by atoms with Crippen molar-refractivity contribution in [1.29, 1.82) is 0 Å². The van der Waals surface area contributed by atoms with E-state index in [1.807, 2.05) is 0 Å². The van der Waals surface area contributed by atoms with Crippen molar-refractivity contribution in [3.8, 4) is 5.69 Å². The van der Waals surface area contributed by atoms with Crippen LogP contribution in [0.4, 0.5) is 14.5 Å². The first-order valence-corrected chi connectivity index (χ1v) is 9.21. The van der Waals surface area contributed by atoms with E-state index in [0.29, 0.717) is 28.0 Å². The van der Waals surface area contributed by atoms with Gasteiger partial charge in [0.05, 0.1) is 11.3 Å². The lowest BCUT2D eigenvalue weighted by Gasteiger charge is -2.15. The molecular formula is C18H15F2N5O3S. The van der Waals surface area contributed by atoms with Crippen LogP contribution in [-0.4, -0.2) is 43.9 Å². The van der Waals surface area contributed by atoms with Crippen LogP contribution in [-0.2, 0) is 9.53 Å². The van der Waals surface area contributed by atoms with E-state index < -0.39 is 23.7 Å². The van der Waals surface area contributed by atoms with E-state index in [1.54, 1.807) is 18.2 Å². The summed E-state index contributed by atoms with van der Waals surface area (Å²) < 4.78 is 31.3. The van der Waals surface area contributed by atoms with Gasteiger partial charge < -0.3 is 10.1 Å². The number of halogens is 2. The summed E-state index contributed by atoms with van der Waals surface area (Å²) in [6.07, 6.45) is 0.234. The molecule has 1 unspecified atom stereocenters. The predicted molar refractivity (Wildman–Crippen MR) is 101 cm³/mol. The van der Waals surface area contributed by atoms with Crippen molar-refractivity contribution in [3.05, 3.63) is 60.4 Å². The Labute approximate surface area is 168 Å². The van der Waals surface area contributed by atoms with Crippen LogP contribution in [0.15, 0.2) is 59.8 Å². The number of carbonyl (C=O) groups excluding carboxylic acids is 2. The summed E-state index contributed by atoms with van der Waals surface area (Å²) in [5.41, 5.74) is 0.987. The highest BCUT2D eigenvalue weighted by atomic mass is 32.2. The van der Waals surface area contributed by atoms with E-state index in [1.165, 1.54) is 48.3 Å². The molecule has 150 valence electrons. The minimum Gasteiger partial charge on any atom is -0.449 e. The third kappa shape index (κ3) is 5.35. The van der Waals surface area contributed by atoms with Crippen molar-refractivity contribution in [2.24, 2.45) is 0 Å². The highest BCUT2D eigenvalue weighted by Gasteiger charge is 2.22. The number of benzene rings is 2. The Bertz CT molecular complexity index is 983. The minimum atomic E-state index is -2.52. The number of ether oxygens (including phenoxy) is 1. The number of hydrogen-bond donors (Lipinski definition) is 1. The van der Waals surface area contributed by atoms with Gasteiger partial charge in [0.2, 0.25) is 0 Å². The third-order valence-corrected chi connectivity index (χ3v) is 4.44. The third-order valence-electron chi connectivity index (χ3n) is 3.72. The summed E-state index contributed by atoms with van der Waals surface area (Å²) in [5, 5.41) is 13.4. The van der Waals surface area contributed by atoms with Gasteiger partial charge in [0.25, 0.3) is 11.7 Å². The van der Waals surface area contributed by atoms with Crippen LogP contribution in [0.3, 0.4) is 0 Å². The highest BCUT2D eigenvalue weighted by molar-refractivity contribution is 7.99. The Hall–Kier alpha value is -3.34. The van der Waals surface area contributed by atoms with Gasteiger partial charge in [0, 0.05) is 10.6 Å². The van der Waals surface area contributed by atoms with Gasteiger partial charge in [-0.15, -0.1) is 5.10 Å². The molecule has 3 aromatic rings. The SMILES string of the molecule is CC(OC(=O)c1ccccc1-n1cnnn1)C(=O)Nc1ccc(SC(F)F)cc1. The quantitative estimate of drug-likeness (QED) is 0.464. The van der Waals surface area contributed by atoms with Gasteiger partial charge in [-0.3, -0.25) is 4.79 Å². The van der Waals surface area contributed by atoms with E-state index in [9.17, 15) is 18.4 Å². The molecule has 8 nitrogen and oxygen atoms in total. The Morgan fingerprint density at radius 1 is 1.14 bits per heavy atom. The molecule has 1 N–H and O–H groups in total. The molecule has 0 bridgehead atoms. The van der Waals surface area contributed by atoms with Crippen LogP contribution in [0.1, 0.15) is 17.3 Å². The second-order valence-corrected chi connectivity index (χ2v) is 6.77. The number of amides is 1. The van der Waals surface area contributed by atoms with Crippen molar-refractivity contribution >= 4 is 29.3 Å². The van der Waals surface area contributed by atoms with Crippen molar-refractivity contribution in [2.75, 3.05) is 5.32 Å².